The summed E-state index contributed by atoms with van der Waals surface area (Å²) in [5.74, 6) is -1.03. The molecule has 0 radical (unpaired) electrons. The van der Waals surface area contributed by atoms with Crippen LogP contribution < -0.4 is 10.6 Å². The maximum absolute atomic E-state index is 13.3. The van der Waals surface area contributed by atoms with E-state index in [4.69, 9.17) is 4.74 Å². The number of benzene rings is 4. The molecule has 8 heteroatoms. The molecule has 0 aliphatic carbocycles. The lowest BCUT2D eigenvalue weighted by molar-refractivity contribution is -0.149. The number of para-hydroxylation sites is 1. The second-order valence-corrected chi connectivity index (χ2v) is 11.0. The van der Waals surface area contributed by atoms with Crippen LogP contribution in [0.15, 0.2) is 119 Å². The Balaban J connectivity index is 1.45. The van der Waals surface area contributed by atoms with E-state index in [1.807, 2.05) is 67.6 Å². The average Bonchev–Trinajstić information content (AvgIpc) is 2.96. The minimum Gasteiger partial charge on any atom is -0.459 e. The Labute approximate surface area is 228 Å². The van der Waals surface area contributed by atoms with Gasteiger partial charge in [-0.05, 0) is 42.3 Å². The van der Waals surface area contributed by atoms with E-state index in [1.165, 1.54) is 6.07 Å². The molecule has 0 saturated carbocycles. The van der Waals surface area contributed by atoms with Crippen LogP contribution in [0.1, 0.15) is 16.7 Å². The Morgan fingerprint density at radius 1 is 0.769 bits per heavy atom. The Bertz CT molecular complexity index is 1510. The third-order valence-corrected chi connectivity index (χ3v) is 7.90. The maximum atomic E-state index is 13.3. The number of anilines is 1. The minimum absolute atomic E-state index is 0.0600. The molecule has 0 aliphatic rings. The van der Waals surface area contributed by atoms with Crippen molar-refractivity contribution in [2.75, 3.05) is 11.9 Å². The van der Waals surface area contributed by atoms with Crippen LogP contribution in [0.2, 0.25) is 0 Å². The summed E-state index contributed by atoms with van der Waals surface area (Å²) in [5, 5.41) is 5.67. The first-order valence-corrected chi connectivity index (χ1v) is 14.0. The van der Waals surface area contributed by atoms with E-state index < -0.39 is 27.8 Å². The van der Waals surface area contributed by atoms with Crippen molar-refractivity contribution < 1.29 is 22.7 Å². The Morgan fingerprint density at radius 3 is 2.03 bits per heavy atom. The second-order valence-electron chi connectivity index (χ2n) is 9.07. The van der Waals surface area contributed by atoms with Crippen molar-refractivity contribution in [3.8, 4) is 0 Å². The van der Waals surface area contributed by atoms with E-state index >= 15 is 0 Å². The van der Waals surface area contributed by atoms with Crippen LogP contribution in [0.3, 0.4) is 0 Å². The Kier molecular flexibility index (Phi) is 9.12. The minimum atomic E-state index is -3.81. The summed E-state index contributed by atoms with van der Waals surface area (Å²) in [7, 11) is -3.81. The summed E-state index contributed by atoms with van der Waals surface area (Å²) in [6, 6.07) is 30.7. The summed E-state index contributed by atoms with van der Waals surface area (Å²) >= 11 is 0. The standard InChI is InChI=1S/C31H30N2O5S/c1-23-16-18-26(19-17-23)39(36,37)29-15-9-8-14-27(29)32-21-30(34)33-28(20-24-10-4-2-5-11-24)31(35)38-22-25-12-6-3-7-13-25/h2-19,28,32H,20-22H2,1H3,(H,33,34)/t28-/m0/s1. The summed E-state index contributed by atoms with van der Waals surface area (Å²) in [4.78, 5) is 26.1. The van der Waals surface area contributed by atoms with Gasteiger partial charge in [-0.1, -0.05) is 90.5 Å². The van der Waals surface area contributed by atoms with Crippen molar-refractivity contribution in [3.63, 3.8) is 0 Å². The van der Waals surface area contributed by atoms with E-state index in [0.717, 1.165) is 16.7 Å². The zero-order valence-electron chi connectivity index (χ0n) is 21.5. The van der Waals surface area contributed by atoms with E-state index in [0.29, 0.717) is 5.69 Å². The van der Waals surface area contributed by atoms with Crippen LogP contribution >= 0.6 is 0 Å². The number of rotatable bonds is 11. The lowest BCUT2D eigenvalue weighted by atomic mass is 10.1. The average molecular weight is 543 g/mol. The van der Waals surface area contributed by atoms with Crippen LogP contribution in [0.25, 0.3) is 0 Å². The monoisotopic (exact) mass is 542 g/mol. The summed E-state index contributed by atoms with van der Waals surface area (Å²) in [6.45, 7) is 1.73. The predicted octanol–water partition coefficient (Wildman–Crippen LogP) is 4.71. The first-order chi connectivity index (χ1) is 18.8. The molecule has 7 nitrogen and oxygen atoms in total. The molecule has 39 heavy (non-hydrogen) atoms. The fourth-order valence-electron chi connectivity index (χ4n) is 3.98. The van der Waals surface area contributed by atoms with Gasteiger partial charge in [0.15, 0.2) is 0 Å². The number of amides is 1. The number of aryl methyl sites for hydroxylation is 1. The molecule has 2 N–H and O–H groups in total. The van der Waals surface area contributed by atoms with E-state index in [9.17, 15) is 18.0 Å². The van der Waals surface area contributed by atoms with Crippen LogP contribution in [0.4, 0.5) is 5.69 Å². The lowest BCUT2D eigenvalue weighted by Gasteiger charge is -2.19. The van der Waals surface area contributed by atoms with Crippen molar-refractivity contribution in [1.82, 2.24) is 5.32 Å². The highest BCUT2D eigenvalue weighted by Crippen LogP contribution is 2.27. The van der Waals surface area contributed by atoms with Crippen molar-refractivity contribution in [2.45, 2.75) is 35.8 Å². The normalized spacial score (nSPS) is 11.8. The SMILES string of the molecule is Cc1ccc(S(=O)(=O)c2ccccc2NCC(=O)N[C@@H](Cc2ccccc2)C(=O)OCc2ccccc2)cc1. The third kappa shape index (κ3) is 7.55. The molecule has 0 heterocycles. The molecule has 4 aromatic rings. The quantitative estimate of drug-likeness (QED) is 0.266. The van der Waals surface area contributed by atoms with Gasteiger partial charge in [0.1, 0.15) is 12.6 Å². The number of nitrogens with one attached hydrogen (secondary N) is 2. The second kappa shape index (κ2) is 12.9. The first kappa shape index (κ1) is 27.6. The van der Waals surface area contributed by atoms with Crippen molar-refractivity contribution in [2.24, 2.45) is 0 Å². The molecule has 4 rings (SSSR count). The maximum Gasteiger partial charge on any atom is 0.329 e. The molecule has 0 aromatic heterocycles. The van der Waals surface area contributed by atoms with Crippen molar-refractivity contribution in [3.05, 3.63) is 126 Å². The molecule has 4 aromatic carbocycles. The largest absolute Gasteiger partial charge is 0.459 e. The number of carbonyl (C=O) groups is 2. The van der Waals surface area contributed by atoms with Gasteiger partial charge in [-0.25, -0.2) is 13.2 Å². The summed E-state index contributed by atoms with van der Waals surface area (Å²) in [5.41, 5.74) is 2.94. The van der Waals surface area contributed by atoms with Gasteiger partial charge in [0.05, 0.1) is 22.0 Å². The number of hydrogen-bond acceptors (Lipinski definition) is 6. The highest BCUT2D eigenvalue weighted by Gasteiger charge is 2.24. The Hall–Kier alpha value is -4.43. The molecule has 0 unspecified atom stereocenters. The van der Waals surface area contributed by atoms with Gasteiger partial charge >= 0.3 is 5.97 Å². The highest BCUT2D eigenvalue weighted by molar-refractivity contribution is 7.91. The van der Waals surface area contributed by atoms with E-state index in [2.05, 4.69) is 10.6 Å². The van der Waals surface area contributed by atoms with E-state index in [-0.39, 0.29) is 29.4 Å². The number of ether oxygens (including phenoxy) is 1. The molecule has 0 spiro atoms. The topological polar surface area (TPSA) is 102 Å². The van der Waals surface area contributed by atoms with Crippen LogP contribution in [0, 0.1) is 6.92 Å². The zero-order valence-corrected chi connectivity index (χ0v) is 22.4. The van der Waals surface area contributed by atoms with Crippen LogP contribution in [-0.2, 0) is 37.2 Å². The van der Waals surface area contributed by atoms with Gasteiger partial charge in [-0.15, -0.1) is 0 Å². The zero-order chi connectivity index (χ0) is 27.7. The van der Waals surface area contributed by atoms with E-state index in [1.54, 1.807) is 42.5 Å². The number of hydrogen-bond donors (Lipinski definition) is 2. The molecule has 0 saturated heterocycles. The summed E-state index contributed by atoms with van der Waals surface area (Å²) in [6.07, 6.45) is 0.249. The van der Waals surface area contributed by atoms with Gasteiger partial charge < -0.3 is 15.4 Å². The molecular weight excluding hydrogens is 512 g/mol. The van der Waals surface area contributed by atoms with Crippen LogP contribution in [-0.4, -0.2) is 32.9 Å². The fourth-order valence-corrected chi connectivity index (χ4v) is 5.42. The van der Waals surface area contributed by atoms with Gasteiger partial charge in [0.25, 0.3) is 0 Å². The lowest BCUT2D eigenvalue weighted by Crippen LogP contribution is -2.45. The number of carbonyl (C=O) groups excluding carboxylic acids is 2. The smallest absolute Gasteiger partial charge is 0.329 e. The van der Waals surface area contributed by atoms with Gasteiger partial charge in [-0.2, -0.15) is 0 Å². The van der Waals surface area contributed by atoms with Crippen molar-refractivity contribution >= 4 is 27.4 Å². The highest BCUT2D eigenvalue weighted by atomic mass is 32.2. The number of esters is 1. The molecule has 0 fully saturated rings. The fraction of sp³-hybridized carbons (Fsp3) is 0.161. The van der Waals surface area contributed by atoms with Gasteiger partial charge in [0, 0.05) is 6.42 Å². The summed E-state index contributed by atoms with van der Waals surface area (Å²) < 4.78 is 32.0. The Morgan fingerprint density at radius 2 is 1.36 bits per heavy atom. The van der Waals surface area contributed by atoms with Gasteiger partial charge in [0.2, 0.25) is 15.7 Å². The van der Waals surface area contributed by atoms with Crippen LogP contribution in [0.5, 0.6) is 0 Å². The molecule has 200 valence electrons. The third-order valence-electron chi connectivity index (χ3n) is 6.07. The molecular formula is C31H30N2O5S. The molecule has 0 bridgehead atoms. The first-order valence-electron chi connectivity index (χ1n) is 12.5. The number of sulfone groups is 1. The van der Waals surface area contributed by atoms with Gasteiger partial charge in [-0.3, -0.25) is 4.79 Å². The molecule has 1 amide bonds. The van der Waals surface area contributed by atoms with Crippen molar-refractivity contribution in [1.29, 1.82) is 0 Å². The molecule has 0 aliphatic heterocycles. The molecule has 1 atom stereocenters. The predicted molar refractivity (Wildman–Crippen MR) is 150 cm³/mol.